The average Bonchev–Trinajstić information content (AvgIpc) is 2.85. The molecule has 0 aromatic carbocycles. The first kappa shape index (κ1) is 11.2. The third kappa shape index (κ3) is 2.12. The van der Waals surface area contributed by atoms with Crippen LogP contribution >= 0.6 is 0 Å². The maximum atomic E-state index is 12.5. The topological polar surface area (TPSA) is 37.9 Å². The fraction of sp³-hybridized carbons (Fsp3) is 0.667. The van der Waals surface area contributed by atoms with Crippen molar-refractivity contribution in [3.8, 4) is 5.88 Å². The van der Waals surface area contributed by atoms with Gasteiger partial charge in [0.1, 0.15) is 0 Å². The first-order valence-corrected chi connectivity index (χ1v) is 4.83. The van der Waals surface area contributed by atoms with E-state index in [1.54, 1.807) is 0 Å². The number of aromatic nitrogens is 2. The summed E-state index contributed by atoms with van der Waals surface area (Å²) in [5, 5.41) is 5.41. The fourth-order valence-electron chi connectivity index (χ4n) is 1.53. The Kier molecular flexibility index (Phi) is 2.55. The van der Waals surface area contributed by atoms with Crippen LogP contribution in [0, 0.1) is 11.4 Å². The summed E-state index contributed by atoms with van der Waals surface area (Å²) in [4.78, 5) is 0. The van der Waals surface area contributed by atoms with E-state index < -0.39 is 17.5 Å². The van der Waals surface area contributed by atoms with E-state index in [0.29, 0.717) is 0 Å². The number of aromatic amines is 1. The maximum Gasteiger partial charge on any atom is 0.394 e. The van der Waals surface area contributed by atoms with Crippen LogP contribution < -0.4 is 4.74 Å². The van der Waals surface area contributed by atoms with E-state index in [0.717, 1.165) is 6.07 Å². The van der Waals surface area contributed by atoms with Crippen LogP contribution in [0.15, 0.2) is 6.07 Å². The van der Waals surface area contributed by atoms with Crippen molar-refractivity contribution in [1.82, 2.24) is 10.2 Å². The summed E-state index contributed by atoms with van der Waals surface area (Å²) in [6.45, 7) is -0.107. The van der Waals surface area contributed by atoms with Crippen LogP contribution in [0.3, 0.4) is 0 Å². The highest BCUT2D eigenvalue weighted by atomic mass is 19.4. The quantitative estimate of drug-likeness (QED) is 0.819. The highest BCUT2D eigenvalue weighted by Crippen LogP contribution is 2.59. The Morgan fingerprint density at radius 3 is 2.56 bits per heavy atom. The molecule has 1 aromatic heterocycles. The number of alkyl halides is 3. The van der Waals surface area contributed by atoms with Crippen molar-refractivity contribution in [3.63, 3.8) is 0 Å². The molecule has 0 saturated heterocycles. The Morgan fingerprint density at radius 2 is 2.12 bits per heavy atom. The lowest BCUT2D eigenvalue weighted by molar-refractivity contribution is -0.190. The summed E-state index contributed by atoms with van der Waals surface area (Å²) < 4.78 is 54.8. The smallest absolute Gasteiger partial charge is 0.394 e. The molecule has 0 atom stereocenters. The van der Waals surface area contributed by atoms with Crippen LogP contribution in [0.2, 0.25) is 0 Å². The molecule has 0 radical (unpaired) electrons. The van der Waals surface area contributed by atoms with Crippen LogP contribution in [0.1, 0.15) is 19.3 Å². The molecule has 0 unspecified atom stereocenters. The van der Waals surface area contributed by atoms with E-state index in [-0.39, 0.29) is 31.7 Å². The van der Waals surface area contributed by atoms with Crippen LogP contribution in [-0.4, -0.2) is 23.0 Å². The summed E-state index contributed by atoms with van der Waals surface area (Å²) in [5.74, 6) is -0.692. The van der Waals surface area contributed by atoms with Crippen LogP contribution in [0.4, 0.5) is 17.6 Å². The van der Waals surface area contributed by atoms with Gasteiger partial charge in [0, 0.05) is 0 Å². The second-order valence-electron chi connectivity index (χ2n) is 3.93. The number of H-pyrrole nitrogens is 1. The largest absolute Gasteiger partial charge is 0.477 e. The van der Waals surface area contributed by atoms with Crippen molar-refractivity contribution < 1.29 is 22.3 Å². The number of rotatable bonds is 4. The van der Waals surface area contributed by atoms with Crippen molar-refractivity contribution in [3.05, 3.63) is 12.0 Å². The van der Waals surface area contributed by atoms with Gasteiger partial charge in [-0.15, -0.1) is 5.10 Å². The van der Waals surface area contributed by atoms with Gasteiger partial charge in [-0.1, -0.05) is 0 Å². The van der Waals surface area contributed by atoms with Crippen molar-refractivity contribution in [2.24, 2.45) is 5.41 Å². The molecule has 3 nitrogen and oxygen atoms in total. The van der Waals surface area contributed by atoms with Gasteiger partial charge < -0.3 is 4.74 Å². The molecule has 1 heterocycles. The van der Waals surface area contributed by atoms with Gasteiger partial charge in [0.15, 0.2) is 0 Å². The van der Waals surface area contributed by atoms with Gasteiger partial charge in [-0.2, -0.15) is 17.6 Å². The van der Waals surface area contributed by atoms with Crippen molar-refractivity contribution in [2.45, 2.75) is 25.4 Å². The van der Waals surface area contributed by atoms with E-state index in [4.69, 9.17) is 4.74 Å². The van der Waals surface area contributed by atoms with Crippen molar-refractivity contribution in [1.29, 1.82) is 0 Å². The molecule has 2 rings (SSSR count). The lowest BCUT2D eigenvalue weighted by Crippen LogP contribution is -2.26. The molecule has 1 aliphatic rings. The minimum absolute atomic E-state index is 0.0181. The van der Waals surface area contributed by atoms with E-state index in [1.165, 1.54) is 0 Å². The Labute approximate surface area is 88.8 Å². The van der Waals surface area contributed by atoms with Gasteiger partial charge in [-0.25, -0.2) is 5.10 Å². The van der Waals surface area contributed by atoms with Gasteiger partial charge in [0.2, 0.25) is 11.8 Å². The van der Waals surface area contributed by atoms with Gasteiger partial charge in [-0.3, -0.25) is 0 Å². The third-order valence-corrected chi connectivity index (χ3v) is 2.81. The zero-order valence-electron chi connectivity index (χ0n) is 8.27. The zero-order valence-corrected chi connectivity index (χ0v) is 8.27. The highest BCUT2D eigenvalue weighted by molar-refractivity contribution is 5.06. The monoisotopic (exact) mass is 238 g/mol. The minimum Gasteiger partial charge on any atom is -0.477 e. The third-order valence-electron chi connectivity index (χ3n) is 2.81. The predicted molar refractivity (Wildman–Crippen MR) is 46.4 cm³/mol. The lowest BCUT2D eigenvalue weighted by Gasteiger charge is -2.18. The molecule has 90 valence electrons. The molecule has 7 heteroatoms. The second kappa shape index (κ2) is 3.64. The first-order valence-electron chi connectivity index (χ1n) is 4.83. The normalized spacial score (nSPS) is 18.5. The standard InChI is InChI=1S/C9H10F4N2O/c10-6-5-7(15-14-6)16-4-3-8(1-2-8)9(11,12)13/h5H,1-4H2,(H,14,15). The highest BCUT2D eigenvalue weighted by Gasteiger charge is 2.62. The SMILES string of the molecule is Fc1cc(OCCC2(C(F)(F)F)CC2)n[nH]1. The molecule has 0 spiro atoms. The van der Waals surface area contributed by atoms with E-state index in [1.807, 2.05) is 5.10 Å². The van der Waals surface area contributed by atoms with Gasteiger partial charge >= 0.3 is 6.18 Å². The number of hydrogen-bond donors (Lipinski definition) is 1. The van der Waals surface area contributed by atoms with Gasteiger partial charge in [-0.05, 0) is 19.3 Å². The summed E-state index contributed by atoms with van der Waals surface area (Å²) in [6, 6.07) is 0.993. The number of halogens is 4. The molecular formula is C9H10F4N2O. The van der Waals surface area contributed by atoms with Gasteiger partial charge in [0.25, 0.3) is 0 Å². The molecule has 0 aliphatic heterocycles. The number of hydrogen-bond acceptors (Lipinski definition) is 2. The minimum atomic E-state index is -4.17. The summed E-state index contributed by atoms with van der Waals surface area (Å²) in [7, 11) is 0. The molecule has 16 heavy (non-hydrogen) atoms. The molecule has 0 bridgehead atoms. The molecule has 1 N–H and O–H groups in total. The van der Waals surface area contributed by atoms with Crippen LogP contribution in [0.5, 0.6) is 5.88 Å². The molecule has 1 fully saturated rings. The Hall–Kier alpha value is -1.27. The lowest BCUT2D eigenvalue weighted by atomic mass is 10.0. The van der Waals surface area contributed by atoms with Gasteiger partial charge in [0.05, 0.1) is 18.1 Å². The fourth-order valence-corrected chi connectivity index (χ4v) is 1.53. The number of ether oxygens (including phenoxy) is 1. The van der Waals surface area contributed by atoms with E-state index >= 15 is 0 Å². The summed E-state index contributed by atoms with van der Waals surface area (Å²) >= 11 is 0. The maximum absolute atomic E-state index is 12.5. The first-order chi connectivity index (χ1) is 7.43. The predicted octanol–water partition coefficient (Wildman–Crippen LogP) is 2.66. The molecule has 1 aromatic rings. The number of nitrogens with one attached hydrogen (secondary N) is 1. The molecule has 1 aliphatic carbocycles. The van der Waals surface area contributed by atoms with E-state index in [2.05, 4.69) is 5.10 Å². The molecule has 1 saturated carbocycles. The Morgan fingerprint density at radius 1 is 1.44 bits per heavy atom. The Balaban J connectivity index is 1.81. The summed E-state index contributed by atoms with van der Waals surface area (Å²) in [6.07, 6.45) is -3.98. The van der Waals surface area contributed by atoms with Crippen molar-refractivity contribution in [2.75, 3.05) is 6.61 Å². The van der Waals surface area contributed by atoms with Crippen LogP contribution in [0.25, 0.3) is 0 Å². The molecule has 0 amide bonds. The number of nitrogens with zero attached hydrogens (tertiary/aromatic N) is 1. The Bertz CT molecular complexity index is 370. The van der Waals surface area contributed by atoms with Crippen molar-refractivity contribution >= 4 is 0 Å². The average molecular weight is 238 g/mol. The molecular weight excluding hydrogens is 228 g/mol. The van der Waals surface area contributed by atoms with Crippen LogP contribution in [-0.2, 0) is 0 Å². The summed E-state index contributed by atoms with van der Waals surface area (Å²) in [5.41, 5.74) is -1.58. The van der Waals surface area contributed by atoms with E-state index in [9.17, 15) is 17.6 Å². The second-order valence-corrected chi connectivity index (χ2v) is 3.93. The zero-order chi connectivity index (χ0) is 11.8.